The first kappa shape index (κ1) is 24.3. The number of nitrogens with one attached hydrogen (secondary N) is 1. The van der Waals surface area contributed by atoms with E-state index in [0.29, 0.717) is 28.0 Å². The smallest absolute Gasteiger partial charge is 0.341 e. The highest BCUT2D eigenvalue weighted by atomic mass is 35.5. The number of carbonyl (C=O) groups excluding carboxylic acids is 1. The number of ether oxygens (including phenoxy) is 1. The fraction of sp³-hybridized carbons (Fsp3) is 0.120. The molecular formula is C25H21ClN4O4S. The van der Waals surface area contributed by atoms with Gasteiger partial charge in [-0.2, -0.15) is 5.10 Å². The van der Waals surface area contributed by atoms with Gasteiger partial charge >= 0.3 is 5.97 Å². The lowest BCUT2D eigenvalue weighted by Crippen LogP contribution is -2.20. The third-order valence-corrected chi connectivity index (χ3v) is 6.25. The Labute approximate surface area is 210 Å². The first-order chi connectivity index (χ1) is 17.0. The van der Waals surface area contributed by atoms with E-state index < -0.39 is 12.6 Å². The van der Waals surface area contributed by atoms with Crippen LogP contribution in [0.1, 0.15) is 11.1 Å². The first-order valence-electron chi connectivity index (χ1n) is 10.6. The zero-order valence-corrected chi connectivity index (χ0v) is 20.0. The molecule has 0 spiro atoms. The topological polar surface area (TPSA) is 106 Å². The number of hydrogen-bond acceptors (Lipinski definition) is 6. The van der Waals surface area contributed by atoms with Crippen LogP contribution in [0.5, 0.6) is 5.75 Å². The van der Waals surface area contributed by atoms with Crippen LogP contribution in [0.3, 0.4) is 0 Å². The summed E-state index contributed by atoms with van der Waals surface area (Å²) in [6.45, 7) is 0.0540. The Bertz CT molecular complexity index is 1390. The summed E-state index contributed by atoms with van der Waals surface area (Å²) in [7, 11) is 0. The molecule has 0 saturated carbocycles. The largest absolute Gasteiger partial charge is 0.481 e. The molecule has 1 heterocycles. The number of thioether (sulfide) groups is 1. The molecule has 178 valence electrons. The predicted molar refractivity (Wildman–Crippen MR) is 136 cm³/mol. The van der Waals surface area contributed by atoms with E-state index in [1.54, 1.807) is 24.3 Å². The van der Waals surface area contributed by atoms with Gasteiger partial charge in [-0.15, -0.1) is 0 Å². The summed E-state index contributed by atoms with van der Waals surface area (Å²) in [5, 5.41) is 14.1. The average Bonchev–Trinajstić information content (AvgIpc) is 3.21. The number of nitrogens with zero attached hydrogens (tertiary/aromatic N) is 3. The highest BCUT2D eigenvalue weighted by Crippen LogP contribution is 2.27. The number of benzene rings is 3. The maximum atomic E-state index is 12.4. The van der Waals surface area contributed by atoms with E-state index in [1.807, 2.05) is 53.1 Å². The van der Waals surface area contributed by atoms with Gasteiger partial charge in [-0.1, -0.05) is 65.8 Å². The van der Waals surface area contributed by atoms with Gasteiger partial charge in [0.25, 0.3) is 5.91 Å². The van der Waals surface area contributed by atoms with E-state index in [1.165, 1.54) is 18.0 Å². The number of carboxylic acids is 1. The van der Waals surface area contributed by atoms with Gasteiger partial charge in [0.05, 0.1) is 29.5 Å². The average molecular weight is 509 g/mol. The summed E-state index contributed by atoms with van der Waals surface area (Å²) < 4.78 is 7.27. The SMILES string of the molecule is O=C(O)COc1ccccc1/C=N/NC(=O)CSc1nc2ccccc2n1Cc1ccccc1Cl. The molecule has 4 aromatic rings. The number of aromatic nitrogens is 2. The van der Waals surface area contributed by atoms with Crippen LogP contribution in [0.2, 0.25) is 5.02 Å². The van der Waals surface area contributed by atoms with Crippen molar-refractivity contribution < 1.29 is 19.4 Å². The lowest BCUT2D eigenvalue weighted by molar-refractivity contribution is -0.139. The van der Waals surface area contributed by atoms with Crippen molar-refractivity contribution in [2.45, 2.75) is 11.7 Å². The molecule has 0 aliphatic carbocycles. The van der Waals surface area contributed by atoms with Gasteiger partial charge in [-0.05, 0) is 35.9 Å². The van der Waals surface area contributed by atoms with Gasteiger partial charge in [0.1, 0.15) is 5.75 Å². The minimum atomic E-state index is -1.08. The molecular weight excluding hydrogens is 488 g/mol. The van der Waals surface area contributed by atoms with Gasteiger partial charge in [0, 0.05) is 10.6 Å². The zero-order valence-electron chi connectivity index (χ0n) is 18.4. The van der Waals surface area contributed by atoms with Gasteiger partial charge in [0.2, 0.25) is 0 Å². The minimum Gasteiger partial charge on any atom is -0.481 e. The van der Waals surface area contributed by atoms with E-state index in [2.05, 4.69) is 15.5 Å². The first-order valence-corrected chi connectivity index (χ1v) is 11.9. The predicted octanol–water partition coefficient (Wildman–Crippen LogP) is 4.44. The molecule has 0 unspecified atom stereocenters. The van der Waals surface area contributed by atoms with Crippen molar-refractivity contribution >= 4 is 52.5 Å². The molecule has 1 aromatic heterocycles. The second-order valence-electron chi connectivity index (χ2n) is 7.36. The van der Waals surface area contributed by atoms with Crippen molar-refractivity contribution in [3.8, 4) is 5.75 Å². The number of hydrogen-bond donors (Lipinski definition) is 2. The molecule has 0 fully saturated rings. The molecule has 0 aliphatic rings. The second kappa shape index (κ2) is 11.5. The minimum absolute atomic E-state index is 0.0976. The highest BCUT2D eigenvalue weighted by molar-refractivity contribution is 7.99. The quantitative estimate of drug-likeness (QED) is 0.186. The Morgan fingerprint density at radius 2 is 1.83 bits per heavy atom. The maximum Gasteiger partial charge on any atom is 0.341 e. The number of aliphatic carboxylic acids is 1. The van der Waals surface area contributed by atoms with E-state index in [4.69, 9.17) is 21.4 Å². The third kappa shape index (κ3) is 6.40. The number of amides is 1. The Morgan fingerprint density at radius 3 is 2.66 bits per heavy atom. The lowest BCUT2D eigenvalue weighted by Gasteiger charge is -2.10. The van der Waals surface area contributed by atoms with E-state index >= 15 is 0 Å². The van der Waals surface area contributed by atoms with Gasteiger partial charge in [0.15, 0.2) is 11.8 Å². The number of carboxylic acid groups (broad SMARTS) is 1. The third-order valence-electron chi connectivity index (χ3n) is 4.90. The highest BCUT2D eigenvalue weighted by Gasteiger charge is 2.14. The number of carbonyl (C=O) groups is 2. The Morgan fingerprint density at radius 1 is 1.09 bits per heavy atom. The molecule has 0 atom stereocenters. The second-order valence-corrected chi connectivity index (χ2v) is 8.71. The summed E-state index contributed by atoms with van der Waals surface area (Å²) in [5.74, 6) is -0.940. The standard InChI is InChI=1S/C25H21ClN4O4S/c26-19-9-3-1-8-18(19)14-30-21-11-5-4-10-20(21)28-25(30)35-16-23(31)29-27-13-17-7-2-6-12-22(17)34-15-24(32)33/h1-13H,14-16H2,(H,29,31)(H,32,33)/b27-13+. The molecule has 8 nitrogen and oxygen atoms in total. The monoisotopic (exact) mass is 508 g/mol. The summed E-state index contributed by atoms with van der Waals surface area (Å²) >= 11 is 7.67. The number of para-hydroxylation sites is 3. The van der Waals surface area contributed by atoms with Crippen LogP contribution in [0.15, 0.2) is 83.1 Å². The fourth-order valence-corrected chi connectivity index (χ4v) is 4.31. The van der Waals surface area contributed by atoms with Crippen molar-refractivity contribution in [2.24, 2.45) is 5.10 Å². The van der Waals surface area contributed by atoms with E-state index in [-0.39, 0.29) is 11.7 Å². The van der Waals surface area contributed by atoms with Gasteiger partial charge in [-0.25, -0.2) is 15.2 Å². The van der Waals surface area contributed by atoms with Gasteiger partial charge < -0.3 is 14.4 Å². The Balaban J connectivity index is 1.42. The number of hydrazone groups is 1. The van der Waals surface area contributed by atoms with Crippen LogP contribution in [0.4, 0.5) is 0 Å². The molecule has 35 heavy (non-hydrogen) atoms. The summed E-state index contributed by atoms with van der Waals surface area (Å²) in [4.78, 5) is 27.9. The number of rotatable bonds is 10. The maximum absolute atomic E-state index is 12.4. The molecule has 10 heteroatoms. The van der Waals surface area contributed by atoms with Crippen molar-refractivity contribution in [3.05, 3.63) is 88.9 Å². The van der Waals surface area contributed by atoms with Crippen LogP contribution >= 0.6 is 23.4 Å². The van der Waals surface area contributed by atoms with Crippen LogP contribution in [-0.4, -0.2) is 45.1 Å². The molecule has 0 saturated heterocycles. The molecule has 0 aliphatic heterocycles. The Kier molecular flexibility index (Phi) is 8.02. The zero-order chi connectivity index (χ0) is 24.6. The molecule has 3 aromatic carbocycles. The van der Waals surface area contributed by atoms with Gasteiger partial charge in [-0.3, -0.25) is 4.79 Å². The van der Waals surface area contributed by atoms with Crippen LogP contribution < -0.4 is 10.2 Å². The van der Waals surface area contributed by atoms with Crippen molar-refractivity contribution in [1.29, 1.82) is 0 Å². The lowest BCUT2D eigenvalue weighted by atomic mass is 10.2. The molecule has 0 radical (unpaired) electrons. The molecule has 1 amide bonds. The normalized spacial score (nSPS) is 11.1. The van der Waals surface area contributed by atoms with Crippen LogP contribution in [-0.2, 0) is 16.1 Å². The van der Waals surface area contributed by atoms with Crippen LogP contribution in [0, 0.1) is 0 Å². The summed E-state index contributed by atoms with van der Waals surface area (Å²) in [6, 6.07) is 22.2. The van der Waals surface area contributed by atoms with E-state index in [0.717, 1.165) is 16.6 Å². The fourth-order valence-electron chi connectivity index (χ4n) is 3.31. The summed E-state index contributed by atoms with van der Waals surface area (Å²) in [5.41, 5.74) is 5.77. The van der Waals surface area contributed by atoms with Crippen LogP contribution in [0.25, 0.3) is 11.0 Å². The molecule has 0 bridgehead atoms. The number of halogens is 1. The summed E-state index contributed by atoms with van der Waals surface area (Å²) in [6.07, 6.45) is 1.41. The van der Waals surface area contributed by atoms with Crippen molar-refractivity contribution in [3.63, 3.8) is 0 Å². The number of imidazole rings is 1. The Hall–Kier alpha value is -3.82. The molecule has 2 N–H and O–H groups in total. The van der Waals surface area contributed by atoms with Crippen molar-refractivity contribution in [2.75, 3.05) is 12.4 Å². The molecule has 4 rings (SSSR count). The van der Waals surface area contributed by atoms with Crippen molar-refractivity contribution in [1.82, 2.24) is 15.0 Å². The van der Waals surface area contributed by atoms with E-state index in [9.17, 15) is 9.59 Å². The number of fused-ring (bicyclic) bond motifs is 1.